The number of fused-ring (bicyclic) bond motifs is 3. The second-order valence-electron chi connectivity index (χ2n) is 15.1. The molecule has 1 amide bonds. The van der Waals surface area contributed by atoms with Gasteiger partial charge in [0, 0.05) is 40.7 Å². The summed E-state index contributed by atoms with van der Waals surface area (Å²) in [6.45, 7) is 18.7. The summed E-state index contributed by atoms with van der Waals surface area (Å²) in [6.07, 6.45) is 1.39. The molecule has 7 rings (SSSR count). The zero-order valence-electron chi connectivity index (χ0n) is 30.9. The third kappa shape index (κ3) is 5.69. The van der Waals surface area contributed by atoms with Gasteiger partial charge in [-0.25, -0.2) is 0 Å². The van der Waals surface area contributed by atoms with Crippen LogP contribution in [0, 0.1) is 6.17 Å². The minimum absolute atomic E-state index is 0.145. The Morgan fingerprint density at radius 2 is 1.04 bits per heavy atom. The maximum Gasteiger partial charge on any atom is 0.231 e. The van der Waals surface area contributed by atoms with Crippen LogP contribution in [0.2, 0.25) is 0 Å². The summed E-state index contributed by atoms with van der Waals surface area (Å²) >= 11 is 0. The van der Waals surface area contributed by atoms with Gasteiger partial charge >= 0.3 is 0 Å². The van der Waals surface area contributed by atoms with Gasteiger partial charge < -0.3 is 9.47 Å². The van der Waals surface area contributed by atoms with E-state index >= 15 is 0 Å². The molecular formula is C46H50N3O. The Hall–Kier alpha value is -4.83. The Morgan fingerprint density at radius 1 is 0.520 bits per heavy atom. The molecular weight excluding hydrogens is 611 g/mol. The molecule has 6 aromatic rings. The smallest absolute Gasteiger partial charge is 0.231 e. The Labute approximate surface area is 298 Å². The molecule has 1 radical (unpaired) electrons. The Kier molecular flexibility index (Phi) is 9.07. The number of amides is 1. The molecule has 50 heavy (non-hydrogen) atoms. The van der Waals surface area contributed by atoms with Crippen LogP contribution in [0.15, 0.2) is 109 Å². The summed E-state index contributed by atoms with van der Waals surface area (Å²) < 4.78 is 2.36. The van der Waals surface area contributed by atoms with Gasteiger partial charge in [0.25, 0.3) is 0 Å². The summed E-state index contributed by atoms with van der Waals surface area (Å²) in [5, 5.41) is 2.37. The van der Waals surface area contributed by atoms with Crippen LogP contribution in [-0.2, 0) is 4.79 Å². The molecule has 2 heterocycles. The highest BCUT2D eigenvalue weighted by Gasteiger charge is 2.42. The molecule has 0 atom stereocenters. The van der Waals surface area contributed by atoms with Crippen molar-refractivity contribution >= 4 is 39.1 Å². The maximum absolute atomic E-state index is 14.7. The van der Waals surface area contributed by atoms with E-state index in [9.17, 15) is 4.79 Å². The quantitative estimate of drug-likeness (QED) is 0.163. The lowest BCUT2D eigenvalue weighted by atomic mass is 9.88. The van der Waals surface area contributed by atoms with Crippen molar-refractivity contribution in [1.29, 1.82) is 0 Å². The number of carbonyl (C=O) groups excluding carboxylic acids is 1. The van der Waals surface area contributed by atoms with Crippen LogP contribution in [0.5, 0.6) is 0 Å². The van der Waals surface area contributed by atoms with Gasteiger partial charge in [-0.15, -0.1) is 0 Å². The van der Waals surface area contributed by atoms with E-state index in [2.05, 4.69) is 179 Å². The molecule has 1 aromatic heterocycles. The van der Waals surface area contributed by atoms with Gasteiger partial charge in [-0.1, -0.05) is 134 Å². The summed E-state index contributed by atoms with van der Waals surface area (Å²) in [6, 6.07) is 39.5. The van der Waals surface area contributed by atoms with Crippen LogP contribution in [0.3, 0.4) is 0 Å². The lowest BCUT2D eigenvalue weighted by Gasteiger charge is -2.47. The molecule has 4 nitrogen and oxygen atoms in total. The number of nitrogens with zero attached hydrogens (tertiary/aromatic N) is 3. The normalized spacial score (nSPS) is 14.4. The van der Waals surface area contributed by atoms with E-state index in [0.717, 1.165) is 28.6 Å². The third-order valence-corrected chi connectivity index (χ3v) is 10.4. The fourth-order valence-corrected chi connectivity index (χ4v) is 7.96. The molecule has 4 heteroatoms. The average molecular weight is 661 g/mol. The van der Waals surface area contributed by atoms with E-state index in [0.29, 0.717) is 24.8 Å². The topological polar surface area (TPSA) is 28.5 Å². The molecule has 0 aliphatic carbocycles. The van der Waals surface area contributed by atoms with Crippen molar-refractivity contribution in [3.8, 4) is 5.69 Å². The summed E-state index contributed by atoms with van der Waals surface area (Å²) in [7, 11) is 0. The van der Waals surface area contributed by atoms with Crippen LogP contribution < -0.4 is 9.80 Å². The molecule has 1 fully saturated rings. The SMILES string of the molecule is CC(C)c1cccc(C(C)C)c1N1CCC(=O)N(c2c(C(C)C)cccc2C(C)C)[C]1c1ccc2c(c1)c1ccccc1n2-c1ccccc1. The molecule has 255 valence electrons. The van der Waals surface area contributed by atoms with Gasteiger partial charge in [-0.2, -0.15) is 0 Å². The lowest BCUT2D eigenvalue weighted by molar-refractivity contribution is -0.118. The maximum atomic E-state index is 14.7. The van der Waals surface area contributed by atoms with Crippen molar-refractivity contribution in [2.24, 2.45) is 0 Å². The summed E-state index contributed by atoms with van der Waals surface area (Å²) in [5.41, 5.74) is 11.8. The Balaban J connectivity index is 1.56. The fraction of sp³-hybridized carbons (Fsp3) is 0.304. The summed E-state index contributed by atoms with van der Waals surface area (Å²) in [5.74, 6) is 1.27. The van der Waals surface area contributed by atoms with Crippen molar-refractivity contribution in [2.45, 2.75) is 85.5 Å². The van der Waals surface area contributed by atoms with Crippen molar-refractivity contribution in [2.75, 3.05) is 16.3 Å². The van der Waals surface area contributed by atoms with Gasteiger partial charge in [-0.3, -0.25) is 9.69 Å². The predicted octanol–water partition coefficient (Wildman–Crippen LogP) is 12.1. The van der Waals surface area contributed by atoms with Gasteiger partial charge in [-0.05, 0) is 76.3 Å². The molecule has 5 aromatic carbocycles. The number of rotatable bonds is 8. The number of carbonyl (C=O) groups is 1. The number of aromatic nitrogens is 1. The van der Waals surface area contributed by atoms with Crippen LogP contribution in [0.1, 0.15) is 113 Å². The molecule has 0 N–H and O–H groups in total. The molecule has 1 saturated heterocycles. The third-order valence-electron chi connectivity index (χ3n) is 10.4. The van der Waals surface area contributed by atoms with E-state index in [4.69, 9.17) is 0 Å². The minimum Gasteiger partial charge on any atom is -0.340 e. The van der Waals surface area contributed by atoms with E-state index in [-0.39, 0.29) is 17.7 Å². The summed E-state index contributed by atoms with van der Waals surface area (Å²) in [4.78, 5) is 19.3. The van der Waals surface area contributed by atoms with Crippen LogP contribution in [-0.4, -0.2) is 17.0 Å². The minimum atomic E-state index is 0.145. The zero-order chi connectivity index (χ0) is 35.3. The first-order valence-corrected chi connectivity index (χ1v) is 18.4. The largest absolute Gasteiger partial charge is 0.340 e. The number of hydrogen-bond acceptors (Lipinski definition) is 2. The van der Waals surface area contributed by atoms with Gasteiger partial charge in [0.1, 0.15) is 0 Å². The standard InChI is InChI=1S/C46H50N3O/c1-29(2)35-19-14-20-36(30(3)4)44(35)47-27-26-43(50)49(45-37(31(5)6)21-15-22-38(45)32(7)8)46(47)33-24-25-42-40(28-33)39-18-12-13-23-41(39)48(42)34-16-10-9-11-17-34/h9-25,28-32H,26-27H2,1-8H3. The first-order valence-electron chi connectivity index (χ1n) is 18.4. The number of anilines is 2. The molecule has 0 spiro atoms. The highest BCUT2D eigenvalue weighted by molar-refractivity contribution is 6.10. The molecule has 1 aliphatic rings. The average Bonchev–Trinajstić information content (AvgIpc) is 3.44. The molecule has 0 unspecified atom stereocenters. The van der Waals surface area contributed by atoms with Crippen molar-refractivity contribution in [1.82, 2.24) is 4.57 Å². The van der Waals surface area contributed by atoms with E-state index in [1.165, 1.54) is 44.2 Å². The zero-order valence-corrected chi connectivity index (χ0v) is 30.9. The Morgan fingerprint density at radius 3 is 1.62 bits per heavy atom. The van der Waals surface area contributed by atoms with Gasteiger partial charge in [0.15, 0.2) is 6.17 Å². The van der Waals surface area contributed by atoms with Crippen LogP contribution >= 0.6 is 0 Å². The van der Waals surface area contributed by atoms with Crippen LogP contribution in [0.4, 0.5) is 11.4 Å². The number of para-hydroxylation sites is 4. The molecule has 0 bridgehead atoms. The van der Waals surface area contributed by atoms with Gasteiger partial charge in [0.05, 0.1) is 16.7 Å². The van der Waals surface area contributed by atoms with Crippen molar-refractivity contribution in [3.05, 3.63) is 143 Å². The Bertz CT molecular complexity index is 2120. The number of benzene rings is 5. The first-order chi connectivity index (χ1) is 24.1. The molecule has 1 aliphatic heterocycles. The van der Waals surface area contributed by atoms with E-state index in [1.807, 2.05) is 0 Å². The van der Waals surface area contributed by atoms with Crippen LogP contribution in [0.25, 0.3) is 27.5 Å². The van der Waals surface area contributed by atoms with E-state index in [1.54, 1.807) is 0 Å². The highest BCUT2D eigenvalue weighted by Crippen LogP contribution is 2.47. The second kappa shape index (κ2) is 13.5. The predicted molar refractivity (Wildman–Crippen MR) is 212 cm³/mol. The fourth-order valence-electron chi connectivity index (χ4n) is 7.96. The highest BCUT2D eigenvalue weighted by atomic mass is 16.2. The molecule has 0 saturated carbocycles. The van der Waals surface area contributed by atoms with E-state index < -0.39 is 0 Å². The van der Waals surface area contributed by atoms with Gasteiger partial charge in [0.2, 0.25) is 5.91 Å². The number of hydrogen-bond donors (Lipinski definition) is 0. The van der Waals surface area contributed by atoms with Crippen molar-refractivity contribution in [3.63, 3.8) is 0 Å². The van der Waals surface area contributed by atoms with Crippen molar-refractivity contribution < 1.29 is 4.79 Å². The lowest BCUT2D eigenvalue weighted by Crippen LogP contribution is -2.53. The first kappa shape index (κ1) is 33.7. The monoisotopic (exact) mass is 660 g/mol. The second-order valence-corrected chi connectivity index (χ2v) is 15.1.